The quantitative estimate of drug-likeness (QED) is 0.541. The molecule has 3 aromatic carbocycles. The smallest absolute Gasteiger partial charge is 0.259 e. The monoisotopic (exact) mass is 472 g/mol. The summed E-state index contributed by atoms with van der Waals surface area (Å²) in [5.41, 5.74) is 3.59. The first-order valence-corrected chi connectivity index (χ1v) is 11.8. The molecule has 0 saturated carbocycles. The largest absolute Gasteiger partial charge is 0.483 e. The van der Waals surface area contributed by atoms with Crippen LogP contribution in [0.2, 0.25) is 0 Å². The number of rotatable bonds is 8. The van der Waals surface area contributed by atoms with Crippen molar-refractivity contribution in [1.29, 1.82) is 0 Å². The molecule has 0 unspecified atom stereocenters. The Morgan fingerprint density at radius 3 is 2.20 bits per heavy atom. The molecule has 2 amide bonds. The second kappa shape index (κ2) is 11.5. The lowest BCUT2D eigenvalue weighted by molar-refractivity contribution is -0.130. The highest BCUT2D eigenvalue weighted by atomic mass is 16.5. The predicted molar refractivity (Wildman–Crippen MR) is 139 cm³/mol. The zero-order chi connectivity index (χ0) is 24.6. The van der Waals surface area contributed by atoms with E-state index in [9.17, 15) is 9.59 Å². The number of carbonyl (C=O) groups excluding carboxylic acids is 2. The Labute approximate surface area is 206 Å². The van der Waals surface area contributed by atoms with Crippen LogP contribution in [-0.4, -0.2) is 68.5 Å². The van der Waals surface area contributed by atoms with Crippen molar-refractivity contribution in [2.24, 2.45) is 0 Å². The van der Waals surface area contributed by atoms with Gasteiger partial charge >= 0.3 is 0 Å². The van der Waals surface area contributed by atoms with E-state index in [-0.39, 0.29) is 18.4 Å². The van der Waals surface area contributed by atoms with Crippen LogP contribution < -0.4 is 15.0 Å². The highest BCUT2D eigenvalue weighted by molar-refractivity contribution is 6.06. The topological polar surface area (TPSA) is 65.1 Å². The molecule has 3 aromatic rings. The molecule has 0 atom stereocenters. The maximum Gasteiger partial charge on any atom is 0.259 e. The minimum atomic E-state index is -0.278. The van der Waals surface area contributed by atoms with Gasteiger partial charge in [0.2, 0.25) is 0 Å². The molecule has 1 saturated heterocycles. The fourth-order valence-electron chi connectivity index (χ4n) is 4.01. The number of likely N-dealkylation sites (N-methyl/N-ethyl adjacent to an activating group) is 1. The number of para-hydroxylation sites is 1. The number of nitrogens with zero attached hydrogens (tertiary/aromatic N) is 3. The number of amides is 2. The third-order valence-corrected chi connectivity index (χ3v) is 6.09. The number of hydrogen-bond donors (Lipinski definition) is 1. The van der Waals surface area contributed by atoms with Crippen molar-refractivity contribution in [2.75, 3.05) is 57.1 Å². The first kappa shape index (κ1) is 24.3. The lowest BCUT2D eigenvalue weighted by atomic mass is 10.1. The van der Waals surface area contributed by atoms with Gasteiger partial charge in [-0.1, -0.05) is 42.5 Å². The molecule has 182 valence electrons. The molecule has 0 bridgehead atoms. The summed E-state index contributed by atoms with van der Waals surface area (Å²) < 4.78 is 5.60. The highest BCUT2D eigenvalue weighted by Crippen LogP contribution is 2.23. The molecule has 1 fully saturated rings. The van der Waals surface area contributed by atoms with Crippen LogP contribution >= 0.6 is 0 Å². The summed E-state index contributed by atoms with van der Waals surface area (Å²) in [5.74, 6) is -0.0675. The first-order valence-electron chi connectivity index (χ1n) is 11.8. The summed E-state index contributed by atoms with van der Waals surface area (Å²) in [7, 11) is 3.33. The number of hydrogen-bond acceptors (Lipinski definition) is 5. The molecule has 7 heteroatoms. The Balaban J connectivity index is 1.31. The number of carbonyl (C=O) groups is 2. The van der Waals surface area contributed by atoms with Crippen molar-refractivity contribution in [3.8, 4) is 5.75 Å². The van der Waals surface area contributed by atoms with Gasteiger partial charge in [-0.3, -0.25) is 14.5 Å². The van der Waals surface area contributed by atoms with E-state index in [2.05, 4.69) is 45.4 Å². The van der Waals surface area contributed by atoms with Crippen molar-refractivity contribution in [2.45, 2.75) is 6.54 Å². The van der Waals surface area contributed by atoms with Crippen LogP contribution in [-0.2, 0) is 11.3 Å². The van der Waals surface area contributed by atoms with Crippen molar-refractivity contribution < 1.29 is 14.3 Å². The van der Waals surface area contributed by atoms with E-state index >= 15 is 0 Å². The molecule has 7 nitrogen and oxygen atoms in total. The molecule has 0 radical (unpaired) electrons. The molecule has 4 rings (SSSR count). The number of ether oxygens (including phenoxy) is 1. The number of benzene rings is 3. The van der Waals surface area contributed by atoms with Crippen molar-refractivity contribution >= 4 is 23.2 Å². The molecule has 0 aromatic heterocycles. The van der Waals surface area contributed by atoms with E-state index in [4.69, 9.17) is 4.74 Å². The molecular formula is C28H32N4O3. The summed E-state index contributed by atoms with van der Waals surface area (Å²) >= 11 is 0. The van der Waals surface area contributed by atoms with E-state index in [1.54, 1.807) is 38.4 Å². The Bertz CT molecular complexity index is 1120. The maximum absolute atomic E-state index is 12.9. The van der Waals surface area contributed by atoms with E-state index in [0.717, 1.165) is 38.4 Å². The molecular weight excluding hydrogens is 440 g/mol. The zero-order valence-electron chi connectivity index (χ0n) is 20.3. The maximum atomic E-state index is 12.9. The molecule has 35 heavy (non-hydrogen) atoms. The first-order chi connectivity index (χ1) is 17.0. The Morgan fingerprint density at radius 2 is 1.51 bits per heavy atom. The van der Waals surface area contributed by atoms with Crippen LogP contribution in [0.4, 0.5) is 11.4 Å². The van der Waals surface area contributed by atoms with Gasteiger partial charge < -0.3 is 19.9 Å². The van der Waals surface area contributed by atoms with Crippen LogP contribution in [0.15, 0.2) is 78.9 Å². The van der Waals surface area contributed by atoms with E-state index in [1.807, 2.05) is 24.3 Å². The zero-order valence-corrected chi connectivity index (χ0v) is 20.3. The summed E-state index contributed by atoms with van der Waals surface area (Å²) in [6.07, 6.45) is 0. The van der Waals surface area contributed by atoms with E-state index in [1.165, 1.54) is 10.5 Å². The molecule has 1 N–H and O–H groups in total. The van der Waals surface area contributed by atoms with Gasteiger partial charge in [0.05, 0.1) is 5.56 Å². The van der Waals surface area contributed by atoms with Gasteiger partial charge in [0.25, 0.3) is 11.8 Å². The molecule has 1 heterocycles. The van der Waals surface area contributed by atoms with Gasteiger partial charge in [-0.2, -0.15) is 0 Å². The van der Waals surface area contributed by atoms with E-state index in [0.29, 0.717) is 17.0 Å². The third-order valence-electron chi connectivity index (χ3n) is 6.09. The number of piperazine rings is 1. The summed E-state index contributed by atoms with van der Waals surface area (Å²) in [6.45, 7) is 4.82. The minimum Gasteiger partial charge on any atom is -0.483 e. The van der Waals surface area contributed by atoms with Gasteiger partial charge in [-0.15, -0.1) is 0 Å². The van der Waals surface area contributed by atoms with Gasteiger partial charge in [0.15, 0.2) is 6.61 Å². The summed E-state index contributed by atoms with van der Waals surface area (Å²) in [6, 6.07) is 25.4. The lowest BCUT2D eigenvalue weighted by Gasteiger charge is -2.36. The van der Waals surface area contributed by atoms with Crippen molar-refractivity contribution in [3.63, 3.8) is 0 Å². The standard InChI is InChI=1S/C28H32N4O3/c1-30(2)27(33)21-35-26-11-7-6-10-25(26)28(34)29-23-12-14-24(15-13-23)32-18-16-31(17-19-32)20-22-8-4-3-5-9-22/h3-15H,16-21H2,1-2H3,(H,29,34). The molecule has 1 aliphatic heterocycles. The lowest BCUT2D eigenvalue weighted by Crippen LogP contribution is -2.45. The Kier molecular flexibility index (Phi) is 8.00. The van der Waals surface area contributed by atoms with Crippen LogP contribution in [0.1, 0.15) is 15.9 Å². The van der Waals surface area contributed by atoms with Gasteiger partial charge in [0.1, 0.15) is 5.75 Å². The Morgan fingerprint density at radius 1 is 0.857 bits per heavy atom. The SMILES string of the molecule is CN(C)C(=O)COc1ccccc1C(=O)Nc1ccc(N2CCN(Cc3ccccc3)CC2)cc1. The predicted octanol–water partition coefficient (Wildman–Crippen LogP) is 3.73. The second-order valence-electron chi connectivity index (χ2n) is 8.82. The van der Waals surface area contributed by atoms with Crippen LogP contribution in [0.25, 0.3) is 0 Å². The normalized spacial score (nSPS) is 13.8. The molecule has 0 spiro atoms. The fourth-order valence-corrected chi connectivity index (χ4v) is 4.01. The van der Waals surface area contributed by atoms with Gasteiger partial charge in [0, 0.05) is 58.2 Å². The number of anilines is 2. The van der Waals surface area contributed by atoms with Crippen LogP contribution in [0.3, 0.4) is 0 Å². The minimum absolute atomic E-state index is 0.120. The number of nitrogens with one attached hydrogen (secondary N) is 1. The fraction of sp³-hybridized carbons (Fsp3) is 0.286. The third kappa shape index (κ3) is 6.61. The summed E-state index contributed by atoms with van der Waals surface area (Å²) in [5, 5.41) is 2.93. The highest BCUT2D eigenvalue weighted by Gasteiger charge is 2.18. The summed E-state index contributed by atoms with van der Waals surface area (Å²) in [4.78, 5) is 31.0. The van der Waals surface area contributed by atoms with Crippen molar-refractivity contribution in [3.05, 3.63) is 90.0 Å². The van der Waals surface area contributed by atoms with Crippen LogP contribution in [0.5, 0.6) is 5.75 Å². The molecule has 0 aliphatic carbocycles. The van der Waals surface area contributed by atoms with E-state index < -0.39 is 0 Å². The average molecular weight is 473 g/mol. The second-order valence-corrected chi connectivity index (χ2v) is 8.82. The Hall–Kier alpha value is -3.84. The molecule has 1 aliphatic rings. The van der Waals surface area contributed by atoms with Crippen molar-refractivity contribution in [1.82, 2.24) is 9.80 Å². The van der Waals surface area contributed by atoms with Gasteiger partial charge in [-0.05, 0) is 42.0 Å². The average Bonchev–Trinajstić information content (AvgIpc) is 2.89. The van der Waals surface area contributed by atoms with Gasteiger partial charge in [-0.25, -0.2) is 0 Å². The van der Waals surface area contributed by atoms with Crippen LogP contribution in [0, 0.1) is 0 Å².